The van der Waals surface area contributed by atoms with Gasteiger partial charge in [0.25, 0.3) is 0 Å². The van der Waals surface area contributed by atoms with E-state index >= 15 is 0 Å². The lowest BCUT2D eigenvalue weighted by Gasteiger charge is -2.20. The second kappa shape index (κ2) is 9.02. The second-order valence-electron chi connectivity index (χ2n) is 5.74. The van der Waals surface area contributed by atoms with Gasteiger partial charge in [-0.05, 0) is 55.4 Å². The van der Waals surface area contributed by atoms with E-state index in [0.717, 1.165) is 18.5 Å². The SMILES string of the molecule is CN(CCc1ccc(F)cc1)CC(O)COc1ccc(C#N)cc1. The molecule has 2 rings (SSSR count). The quantitative estimate of drug-likeness (QED) is 0.809. The van der Waals surface area contributed by atoms with Gasteiger partial charge in [-0.25, -0.2) is 4.39 Å². The molecule has 0 fully saturated rings. The molecule has 0 radical (unpaired) electrons. The smallest absolute Gasteiger partial charge is 0.123 e. The van der Waals surface area contributed by atoms with Crippen LogP contribution in [-0.2, 0) is 6.42 Å². The molecule has 0 spiro atoms. The molecule has 0 aliphatic rings. The topological polar surface area (TPSA) is 56.5 Å². The average molecular weight is 328 g/mol. The number of hydrogen-bond acceptors (Lipinski definition) is 4. The van der Waals surface area contributed by atoms with E-state index in [1.165, 1.54) is 12.1 Å². The highest BCUT2D eigenvalue weighted by molar-refractivity contribution is 5.34. The zero-order valence-electron chi connectivity index (χ0n) is 13.7. The van der Waals surface area contributed by atoms with Crippen LogP contribution in [0.15, 0.2) is 48.5 Å². The van der Waals surface area contributed by atoms with Crippen LogP contribution in [0.25, 0.3) is 0 Å². The molecule has 126 valence electrons. The minimum Gasteiger partial charge on any atom is -0.491 e. The lowest BCUT2D eigenvalue weighted by Crippen LogP contribution is -2.34. The maximum absolute atomic E-state index is 12.9. The third-order valence-corrected chi connectivity index (χ3v) is 3.64. The number of halogens is 1. The van der Waals surface area contributed by atoms with Gasteiger partial charge in [0.15, 0.2) is 0 Å². The molecule has 1 N–H and O–H groups in total. The van der Waals surface area contributed by atoms with Gasteiger partial charge in [-0.15, -0.1) is 0 Å². The zero-order valence-corrected chi connectivity index (χ0v) is 13.7. The van der Waals surface area contributed by atoms with Crippen molar-refractivity contribution >= 4 is 0 Å². The first kappa shape index (κ1) is 17.9. The Hall–Kier alpha value is -2.42. The average Bonchev–Trinajstić information content (AvgIpc) is 2.60. The summed E-state index contributed by atoms with van der Waals surface area (Å²) in [6, 6.07) is 15.3. The number of ether oxygens (including phenoxy) is 1. The number of benzene rings is 2. The summed E-state index contributed by atoms with van der Waals surface area (Å²) < 4.78 is 18.4. The Balaban J connectivity index is 1.69. The summed E-state index contributed by atoms with van der Waals surface area (Å²) in [4.78, 5) is 2.01. The third kappa shape index (κ3) is 5.99. The van der Waals surface area contributed by atoms with E-state index in [2.05, 4.69) is 0 Å². The molecule has 1 unspecified atom stereocenters. The van der Waals surface area contributed by atoms with E-state index in [4.69, 9.17) is 10.00 Å². The third-order valence-electron chi connectivity index (χ3n) is 3.64. The standard InChI is InChI=1S/C19H21FN2O2/c1-22(11-10-15-2-6-17(20)7-3-15)13-18(23)14-24-19-8-4-16(12-21)5-9-19/h2-9,18,23H,10-11,13-14H2,1H3. The van der Waals surface area contributed by atoms with E-state index in [9.17, 15) is 9.50 Å². The molecule has 24 heavy (non-hydrogen) atoms. The summed E-state index contributed by atoms with van der Waals surface area (Å²) in [6.07, 6.45) is 0.179. The fourth-order valence-electron chi connectivity index (χ4n) is 2.29. The predicted molar refractivity (Wildman–Crippen MR) is 90.3 cm³/mol. The summed E-state index contributed by atoms with van der Waals surface area (Å²) in [5, 5.41) is 18.8. The molecule has 5 heteroatoms. The van der Waals surface area contributed by atoms with Gasteiger partial charge < -0.3 is 14.7 Å². The van der Waals surface area contributed by atoms with Crippen molar-refractivity contribution in [2.75, 3.05) is 26.7 Å². The van der Waals surface area contributed by atoms with Crippen molar-refractivity contribution in [3.05, 3.63) is 65.5 Å². The largest absolute Gasteiger partial charge is 0.491 e. The maximum atomic E-state index is 12.9. The number of aliphatic hydroxyl groups excluding tert-OH is 1. The normalized spacial score (nSPS) is 12.0. The first-order valence-electron chi connectivity index (χ1n) is 7.81. The van der Waals surface area contributed by atoms with E-state index in [1.54, 1.807) is 36.4 Å². The number of nitrogens with zero attached hydrogens (tertiary/aromatic N) is 2. The van der Waals surface area contributed by atoms with Gasteiger partial charge in [0.2, 0.25) is 0 Å². The first-order valence-corrected chi connectivity index (χ1v) is 7.81. The summed E-state index contributed by atoms with van der Waals surface area (Å²) >= 11 is 0. The zero-order chi connectivity index (χ0) is 17.4. The lowest BCUT2D eigenvalue weighted by atomic mass is 10.1. The van der Waals surface area contributed by atoms with Crippen LogP contribution in [0.5, 0.6) is 5.75 Å². The number of aliphatic hydroxyl groups is 1. The van der Waals surface area contributed by atoms with Crippen molar-refractivity contribution in [1.29, 1.82) is 5.26 Å². The van der Waals surface area contributed by atoms with Crippen LogP contribution in [-0.4, -0.2) is 42.9 Å². The van der Waals surface area contributed by atoms with Crippen molar-refractivity contribution in [1.82, 2.24) is 4.90 Å². The van der Waals surface area contributed by atoms with Gasteiger partial charge in [0.05, 0.1) is 11.6 Å². The van der Waals surface area contributed by atoms with E-state index in [0.29, 0.717) is 17.9 Å². The van der Waals surface area contributed by atoms with Crippen LogP contribution in [0.3, 0.4) is 0 Å². The molecule has 0 saturated heterocycles. The minimum atomic E-state index is -0.612. The Kier molecular flexibility index (Phi) is 6.74. The molecule has 1 atom stereocenters. The number of nitriles is 1. The Bertz CT molecular complexity index is 665. The minimum absolute atomic E-state index is 0.187. The van der Waals surface area contributed by atoms with Crippen LogP contribution in [0.1, 0.15) is 11.1 Å². The molecule has 0 aromatic heterocycles. The molecule has 2 aromatic carbocycles. The fraction of sp³-hybridized carbons (Fsp3) is 0.316. The first-order chi connectivity index (χ1) is 11.6. The predicted octanol–water partition coefficient (Wildman–Crippen LogP) is 2.61. The van der Waals surface area contributed by atoms with E-state index in [-0.39, 0.29) is 12.4 Å². The van der Waals surface area contributed by atoms with Crippen molar-refractivity contribution < 1.29 is 14.2 Å². The second-order valence-corrected chi connectivity index (χ2v) is 5.74. The Morgan fingerprint density at radius 1 is 1.17 bits per heavy atom. The van der Waals surface area contributed by atoms with Crippen LogP contribution in [0, 0.1) is 17.1 Å². The van der Waals surface area contributed by atoms with Gasteiger partial charge in [-0.1, -0.05) is 12.1 Å². The molecule has 0 amide bonds. The summed E-state index contributed by atoms with van der Waals surface area (Å²) in [5.74, 6) is 0.393. The molecule has 0 saturated carbocycles. The molecule has 0 aliphatic heterocycles. The van der Waals surface area contributed by atoms with Gasteiger partial charge in [0, 0.05) is 13.1 Å². The van der Waals surface area contributed by atoms with Crippen molar-refractivity contribution in [3.8, 4) is 11.8 Å². The van der Waals surface area contributed by atoms with Gasteiger partial charge in [-0.3, -0.25) is 0 Å². The Labute approximate surface area is 141 Å². The molecule has 4 nitrogen and oxygen atoms in total. The van der Waals surface area contributed by atoms with Crippen LogP contribution in [0.4, 0.5) is 4.39 Å². The van der Waals surface area contributed by atoms with Gasteiger partial charge in [-0.2, -0.15) is 5.26 Å². The highest BCUT2D eigenvalue weighted by Crippen LogP contribution is 2.12. The monoisotopic (exact) mass is 328 g/mol. The Morgan fingerprint density at radius 2 is 1.83 bits per heavy atom. The van der Waals surface area contributed by atoms with Gasteiger partial charge in [0.1, 0.15) is 24.3 Å². The summed E-state index contributed by atoms with van der Waals surface area (Å²) in [6.45, 7) is 1.43. The summed E-state index contributed by atoms with van der Waals surface area (Å²) in [7, 11) is 1.93. The van der Waals surface area contributed by atoms with E-state index < -0.39 is 6.10 Å². The molecule has 0 heterocycles. The van der Waals surface area contributed by atoms with Crippen LogP contribution in [0.2, 0.25) is 0 Å². The highest BCUT2D eigenvalue weighted by Gasteiger charge is 2.09. The molecule has 0 bridgehead atoms. The number of rotatable bonds is 8. The van der Waals surface area contributed by atoms with Crippen molar-refractivity contribution in [3.63, 3.8) is 0 Å². The summed E-state index contributed by atoms with van der Waals surface area (Å²) in [5.41, 5.74) is 1.63. The number of likely N-dealkylation sites (N-methyl/N-ethyl adjacent to an activating group) is 1. The highest BCUT2D eigenvalue weighted by atomic mass is 19.1. The Morgan fingerprint density at radius 3 is 2.46 bits per heavy atom. The lowest BCUT2D eigenvalue weighted by molar-refractivity contribution is 0.0767. The van der Waals surface area contributed by atoms with Crippen LogP contribution < -0.4 is 4.74 Å². The van der Waals surface area contributed by atoms with Crippen LogP contribution >= 0.6 is 0 Å². The molecule has 2 aromatic rings. The van der Waals surface area contributed by atoms with Gasteiger partial charge >= 0.3 is 0 Å². The maximum Gasteiger partial charge on any atom is 0.123 e. The van der Waals surface area contributed by atoms with Crippen molar-refractivity contribution in [2.45, 2.75) is 12.5 Å². The fourth-order valence-corrected chi connectivity index (χ4v) is 2.29. The van der Waals surface area contributed by atoms with E-state index in [1.807, 2.05) is 18.0 Å². The number of hydrogen-bond donors (Lipinski definition) is 1. The molecular formula is C19H21FN2O2. The molecule has 0 aliphatic carbocycles. The van der Waals surface area contributed by atoms with Crippen molar-refractivity contribution in [2.24, 2.45) is 0 Å². The molecular weight excluding hydrogens is 307 g/mol.